The summed E-state index contributed by atoms with van der Waals surface area (Å²) in [5.74, 6) is 2.64. The lowest BCUT2D eigenvalue weighted by molar-refractivity contribution is -0.00555. The maximum Gasteiger partial charge on any atom is 0.259 e. The van der Waals surface area contributed by atoms with Gasteiger partial charge in [0, 0.05) is 18.0 Å². The van der Waals surface area contributed by atoms with E-state index in [0.29, 0.717) is 5.56 Å². The van der Waals surface area contributed by atoms with Crippen molar-refractivity contribution in [1.82, 2.24) is 10.2 Å². The van der Waals surface area contributed by atoms with Gasteiger partial charge in [-0.1, -0.05) is 44.2 Å². The van der Waals surface area contributed by atoms with Gasteiger partial charge in [0.1, 0.15) is 5.01 Å². The molecule has 1 heterocycles. The summed E-state index contributed by atoms with van der Waals surface area (Å²) >= 11 is 1.64. The highest BCUT2D eigenvalue weighted by molar-refractivity contribution is 7.15. The predicted molar refractivity (Wildman–Crippen MR) is 118 cm³/mol. The zero-order valence-electron chi connectivity index (χ0n) is 17.9. The number of rotatable bonds is 3. The smallest absolute Gasteiger partial charge is 0.259 e. The highest BCUT2D eigenvalue weighted by Gasteiger charge is 2.53. The van der Waals surface area contributed by atoms with Crippen molar-refractivity contribution >= 4 is 22.4 Å². The Bertz CT molecular complexity index is 889. The molecule has 0 spiro atoms. The lowest BCUT2D eigenvalue weighted by Crippen LogP contribution is -2.48. The number of hydrogen-bond donors (Lipinski definition) is 0. The van der Waals surface area contributed by atoms with E-state index in [2.05, 4.69) is 43.1 Å². The molecule has 1 amide bonds. The van der Waals surface area contributed by atoms with E-state index in [1.165, 1.54) is 49.1 Å². The topological polar surface area (TPSA) is 46.1 Å². The molecule has 1 aromatic carbocycles. The molecule has 4 aliphatic rings. The van der Waals surface area contributed by atoms with Crippen molar-refractivity contribution in [2.24, 2.45) is 17.8 Å². The van der Waals surface area contributed by atoms with Crippen molar-refractivity contribution in [3.05, 3.63) is 40.4 Å². The fourth-order valence-corrected chi connectivity index (χ4v) is 7.35. The maximum absolute atomic E-state index is 13.0. The van der Waals surface area contributed by atoms with Gasteiger partial charge in [0.05, 0.1) is 0 Å². The first-order chi connectivity index (χ1) is 13.7. The lowest BCUT2D eigenvalue weighted by Gasteiger charge is -2.55. The molecule has 0 aliphatic heterocycles. The van der Waals surface area contributed by atoms with Gasteiger partial charge in [0.25, 0.3) is 5.91 Å². The first kappa shape index (κ1) is 19.2. The molecular weight excluding hydrogens is 378 g/mol. The average molecular weight is 410 g/mol. The van der Waals surface area contributed by atoms with Crippen molar-refractivity contribution in [3.63, 3.8) is 0 Å². The Morgan fingerprint density at radius 2 is 1.55 bits per heavy atom. The van der Waals surface area contributed by atoms with Crippen molar-refractivity contribution in [2.75, 3.05) is 11.9 Å². The molecule has 0 saturated heterocycles. The number of amides is 1. The molecule has 29 heavy (non-hydrogen) atoms. The molecule has 4 aliphatic carbocycles. The summed E-state index contributed by atoms with van der Waals surface area (Å²) in [6.07, 6.45) is 8.11. The van der Waals surface area contributed by atoms with E-state index in [1.807, 2.05) is 19.2 Å². The van der Waals surface area contributed by atoms with Gasteiger partial charge in [0.2, 0.25) is 5.13 Å². The van der Waals surface area contributed by atoms with Crippen LogP contribution in [0.4, 0.5) is 5.13 Å². The van der Waals surface area contributed by atoms with E-state index in [0.717, 1.165) is 22.9 Å². The van der Waals surface area contributed by atoms with E-state index < -0.39 is 0 Å². The molecule has 5 heteroatoms. The minimum Gasteiger partial charge on any atom is -0.286 e. The van der Waals surface area contributed by atoms with E-state index in [1.54, 1.807) is 16.2 Å². The normalized spacial score (nSPS) is 30.6. The van der Waals surface area contributed by atoms with Crippen molar-refractivity contribution in [1.29, 1.82) is 0 Å². The first-order valence-electron chi connectivity index (χ1n) is 11.0. The standard InChI is InChI=1S/C24H31N3OS/c1-23(2,3)19-7-5-18(6-8-19)20(28)27(4)22-26-25-21(29-22)24-12-15-9-16(13-24)11-17(10-15)14-24/h5-8,15-17H,9-14H2,1-4H3. The van der Waals surface area contributed by atoms with Crippen LogP contribution in [0.2, 0.25) is 0 Å². The van der Waals surface area contributed by atoms with E-state index in [-0.39, 0.29) is 16.7 Å². The van der Waals surface area contributed by atoms with Gasteiger partial charge in [-0.05, 0) is 79.4 Å². The molecule has 4 bridgehead atoms. The summed E-state index contributed by atoms with van der Waals surface area (Å²) in [6, 6.07) is 7.98. The van der Waals surface area contributed by atoms with Gasteiger partial charge in [-0.25, -0.2) is 0 Å². The second kappa shape index (κ2) is 6.63. The van der Waals surface area contributed by atoms with Crippen LogP contribution in [0, 0.1) is 17.8 Å². The maximum atomic E-state index is 13.0. The van der Waals surface area contributed by atoms with Crippen LogP contribution in [0.3, 0.4) is 0 Å². The first-order valence-corrected chi connectivity index (χ1v) is 11.8. The van der Waals surface area contributed by atoms with Gasteiger partial charge in [-0.2, -0.15) is 0 Å². The van der Waals surface area contributed by atoms with Crippen molar-refractivity contribution in [3.8, 4) is 0 Å². The molecule has 4 fully saturated rings. The fraction of sp³-hybridized carbons (Fsp3) is 0.625. The predicted octanol–water partition coefficient (Wildman–Crippen LogP) is 5.58. The Morgan fingerprint density at radius 1 is 1.00 bits per heavy atom. The van der Waals surface area contributed by atoms with Crippen LogP contribution in [0.1, 0.15) is 80.2 Å². The van der Waals surface area contributed by atoms with Crippen LogP contribution in [0.25, 0.3) is 0 Å². The molecule has 4 nitrogen and oxygen atoms in total. The molecule has 0 N–H and O–H groups in total. The number of carbonyl (C=O) groups is 1. The van der Waals surface area contributed by atoms with Gasteiger partial charge < -0.3 is 0 Å². The fourth-order valence-electron chi connectivity index (χ4n) is 6.33. The molecule has 4 saturated carbocycles. The molecular formula is C24H31N3OS. The number of hydrogen-bond acceptors (Lipinski definition) is 4. The third-order valence-corrected chi connectivity index (χ3v) is 8.74. The summed E-state index contributed by atoms with van der Waals surface area (Å²) < 4.78 is 0. The summed E-state index contributed by atoms with van der Waals surface area (Å²) in [6.45, 7) is 6.55. The Morgan fingerprint density at radius 3 is 2.07 bits per heavy atom. The largest absolute Gasteiger partial charge is 0.286 e. The third kappa shape index (κ3) is 3.31. The van der Waals surface area contributed by atoms with Crippen LogP contribution >= 0.6 is 11.3 Å². The average Bonchev–Trinajstić information content (AvgIpc) is 3.16. The van der Waals surface area contributed by atoms with Crippen molar-refractivity contribution in [2.45, 2.75) is 70.1 Å². The third-order valence-electron chi connectivity index (χ3n) is 7.50. The highest BCUT2D eigenvalue weighted by atomic mass is 32.1. The summed E-state index contributed by atoms with van der Waals surface area (Å²) in [5, 5.41) is 11.0. The quantitative estimate of drug-likeness (QED) is 0.665. The van der Waals surface area contributed by atoms with E-state index in [9.17, 15) is 4.79 Å². The zero-order chi connectivity index (χ0) is 20.4. The van der Waals surface area contributed by atoms with Gasteiger partial charge in [-0.3, -0.25) is 9.69 Å². The van der Waals surface area contributed by atoms with Crippen LogP contribution in [-0.2, 0) is 10.8 Å². The molecule has 6 rings (SSSR count). The number of anilines is 1. The number of aromatic nitrogens is 2. The number of nitrogens with zero attached hydrogens (tertiary/aromatic N) is 3. The molecule has 2 aromatic rings. The van der Waals surface area contributed by atoms with Crippen LogP contribution in [0.5, 0.6) is 0 Å². The van der Waals surface area contributed by atoms with E-state index >= 15 is 0 Å². The molecule has 1 aromatic heterocycles. The van der Waals surface area contributed by atoms with E-state index in [4.69, 9.17) is 0 Å². The van der Waals surface area contributed by atoms with Crippen LogP contribution in [-0.4, -0.2) is 23.2 Å². The Labute approximate surface area is 177 Å². The summed E-state index contributed by atoms with van der Waals surface area (Å²) in [7, 11) is 1.82. The highest BCUT2D eigenvalue weighted by Crippen LogP contribution is 2.61. The second-order valence-corrected chi connectivity index (χ2v) is 11.7. The Kier molecular flexibility index (Phi) is 4.39. The molecule has 0 radical (unpaired) electrons. The van der Waals surface area contributed by atoms with Crippen molar-refractivity contribution < 1.29 is 4.79 Å². The number of benzene rings is 1. The summed E-state index contributed by atoms with van der Waals surface area (Å²) in [5.41, 5.74) is 2.26. The second-order valence-electron chi connectivity index (χ2n) is 10.8. The summed E-state index contributed by atoms with van der Waals surface area (Å²) in [4.78, 5) is 14.7. The van der Waals surface area contributed by atoms with Gasteiger partial charge >= 0.3 is 0 Å². The number of carbonyl (C=O) groups excluding carboxylic acids is 1. The van der Waals surface area contributed by atoms with Crippen LogP contribution in [0.15, 0.2) is 24.3 Å². The van der Waals surface area contributed by atoms with Gasteiger partial charge in [0.15, 0.2) is 0 Å². The van der Waals surface area contributed by atoms with Gasteiger partial charge in [-0.15, -0.1) is 10.2 Å². The van der Waals surface area contributed by atoms with Crippen LogP contribution < -0.4 is 4.90 Å². The lowest BCUT2D eigenvalue weighted by atomic mass is 9.50. The molecule has 0 unspecified atom stereocenters. The Hall–Kier alpha value is -1.75. The minimum atomic E-state index is -0.0151. The SMILES string of the molecule is CN(C(=O)c1ccc(C(C)(C)C)cc1)c1nnc(C23CC4CC(CC(C4)C2)C3)s1. The molecule has 0 atom stereocenters. The molecule has 154 valence electrons. The zero-order valence-corrected chi connectivity index (χ0v) is 18.8. The minimum absolute atomic E-state index is 0.0151. The monoisotopic (exact) mass is 409 g/mol. The Balaban J connectivity index is 1.36.